The Morgan fingerprint density at radius 1 is 1.33 bits per heavy atom. The van der Waals surface area contributed by atoms with Gasteiger partial charge in [0.05, 0.1) is 5.69 Å². The lowest BCUT2D eigenvalue weighted by Crippen LogP contribution is -2.37. The van der Waals surface area contributed by atoms with E-state index in [1.807, 2.05) is 0 Å². The molecule has 2 unspecified atom stereocenters. The van der Waals surface area contributed by atoms with Crippen LogP contribution in [-0.4, -0.2) is 25.3 Å². The molecule has 2 aliphatic rings. The SMILES string of the molecule is Nc1ccc(Cl)cc1S(=O)(=O)N1CC2CCC1C2. The number of anilines is 1. The number of fused-ring (bicyclic) bond motifs is 2. The zero-order valence-electron chi connectivity index (χ0n) is 9.84. The maximum atomic E-state index is 12.6. The van der Waals surface area contributed by atoms with Gasteiger partial charge in [0.1, 0.15) is 4.90 Å². The molecule has 0 radical (unpaired) electrons. The van der Waals surface area contributed by atoms with Crippen molar-refractivity contribution in [3.05, 3.63) is 23.2 Å². The van der Waals surface area contributed by atoms with Gasteiger partial charge in [0.2, 0.25) is 10.0 Å². The van der Waals surface area contributed by atoms with Crippen LogP contribution in [0.5, 0.6) is 0 Å². The zero-order chi connectivity index (χ0) is 12.9. The van der Waals surface area contributed by atoms with Gasteiger partial charge in [-0.2, -0.15) is 4.31 Å². The third kappa shape index (κ3) is 1.81. The molecular formula is C12H15ClN2O2S. The molecular weight excluding hydrogens is 272 g/mol. The molecule has 0 spiro atoms. The van der Waals surface area contributed by atoms with Gasteiger partial charge in [0, 0.05) is 17.6 Å². The van der Waals surface area contributed by atoms with Crippen molar-refractivity contribution >= 4 is 27.3 Å². The third-order valence-corrected chi connectivity index (χ3v) is 6.13. The summed E-state index contributed by atoms with van der Waals surface area (Å²) in [6.45, 7) is 0.624. The Labute approximate surface area is 112 Å². The summed E-state index contributed by atoms with van der Waals surface area (Å²) in [6.07, 6.45) is 3.09. The van der Waals surface area contributed by atoms with E-state index in [-0.39, 0.29) is 16.6 Å². The minimum atomic E-state index is -3.50. The molecule has 1 aliphatic carbocycles. The molecule has 2 N–H and O–H groups in total. The van der Waals surface area contributed by atoms with Gasteiger partial charge in [-0.3, -0.25) is 0 Å². The van der Waals surface area contributed by atoms with Gasteiger partial charge in [-0.05, 0) is 43.4 Å². The van der Waals surface area contributed by atoms with Crippen LogP contribution in [0.25, 0.3) is 0 Å². The molecule has 2 atom stereocenters. The van der Waals surface area contributed by atoms with Crippen LogP contribution in [0.2, 0.25) is 5.02 Å². The van der Waals surface area contributed by atoms with Crippen LogP contribution >= 0.6 is 11.6 Å². The van der Waals surface area contributed by atoms with Crippen molar-refractivity contribution in [2.45, 2.75) is 30.2 Å². The summed E-state index contributed by atoms with van der Waals surface area (Å²) in [6, 6.07) is 4.74. The van der Waals surface area contributed by atoms with Gasteiger partial charge >= 0.3 is 0 Å². The first kappa shape index (κ1) is 12.3. The minimum Gasteiger partial charge on any atom is -0.398 e. The van der Waals surface area contributed by atoms with Crippen molar-refractivity contribution < 1.29 is 8.42 Å². The molecule has 1 heterocycles. The number of nitrogen functional groups attached to an aromatic ring is 1. The lowest BCUT2D eigenvalue weighted by Gasteiger charge is -2.26. The van der Waals surface area contributed by atoms with E-state index in [1.54, 1.807) is 16.4 Å². The Balaban J connectivity index is 2.02. The number of nitrogens with two attached hydrogens (primary N) is 1. The number of sulfonamides is 1. The summed E-state index contributed by atoms with van der Waals surface area (Å²) >= 11 is 5.87. The van der Waals surface area contributed by atoms with Crippen molar-refractivity contribution in [2.75, 3.05) is 12.3 Å². The summed E-state index contributed by atoms with van der Waals surface area (Å²) in [5.74, 6) is 0.519. The second-order valence-electron chi connectivity index (χ2n) is 5.09. The van der Waals surface area contributed by atoms with E-state index in [2.05, 4.69) is 0 Å². The molecule has 98 valence electrons. The van der Waals surface area contributed by atoms with Crippen molar-refractivity contribution in [3.8, 4) is 0 Å². The summed E-state index contributed by atoms with van der Waals surface area (Å²) < 4.78 is 26.8. The Hall–Kier alpha value is -0.780. The van der Waals surface area contributed by atoms with Crippen LogP contribution in [0.3, 0.4) is 0 Å². The fraction of sp³-hybridized carbons (Fsp3) is 0.500. The van der Waals surface area contributed by atoms with E-state index >= 15 is 0 Å². The van der Waals surface area contributed by atoms with Crippen LogP contribution < -0.4 is 5.73 Å². The molecule has 18 heavy (non-hydrogen) atoms. The molecule has 2 bridgehead atoms. The van der Waals surface area contributed by atoms with Crippen molar-refractivity contribution in [1.82, 2.24) is 4.31 Å². The molecule has 1 saturated heterocycles. The molecule has 1 aromatic carbocycles. The summed E-state index contributed by atoms with van der Waals surface area (Å²) in [7, 11) is -3.50. The van der Waals surface area contributed by atoms with Gasteiger partial charge in [-0.1, -0.05) is 11.6 Å². The Morgan fingerprint density at radius 2 is 2.11 bits per heavy atom. The molecule has 6 heteroatoms. The van der Waals surface area contributed by atoms with Crippen molar-refractivity contribution in [3.63, 3.8) is 0 Å². The molecule has 3 rings (SSSR count). The highest BCUT2D eigenvalue weighted by atomic mass is 35.5. The van der Waals surface area contributed by atoms with E-state index in [9.17, 15) is 8.42 Å². The Kier molecular flexibility index (Phi) is 2.80. The minimum absolute atomic E-state index is 0.141. The number of rotatable bonds is 2. The first-order valence-corrected chi connectivity index (χ1v) is 7.87. The third-order valence-electron chi connectivity index (χ3n) is 3.92. The second-order valence-corrected chi connectivity index (χ2v) is 7.39. The normalized spacial score (nSPS) is 27.8. The number of benzene rings is 1. The number of halogens is 1. The molecule has 1 aliphatic heterocycles. The van der Waals surface area contributed by atoms with Gasteiger partial charge in [-0.15, -0.1) is 0 Å². The molecule has 2 fully saturated rings. The lowest BCUT2D eigenvalue weighted by atomic mass is 10.1. The van der Waals surface area contributed by atoms with Gasteiger partial charge < -0.3 is 5.73 Å². The smallest absolute Gasteiger partial charge is 0.245 e. The van der Waals surface area contributed by atoms with E-state index in [0.717, 1.165) is 19.3 Å². The predicted octanol–water partition coefficient (Wildman–Crippen LogP) is 2.10. The Morgan fingerprint density at radius 3 is 2.72 bits per heavy atom. The number of piperidine rings is 1. The maximum Gasteiger partial charge on any atom is 0.245 e. The quantitative estimate of drug-likeness (QED) is 0.847. The lowest BCUT2D eigenvalue weighted by molar-refractivity contribution is 0.333. The summed E-state index contributed by atoms with van der Waals surface area (Å²) in [4.78, 5) is 0.141. The molecule has 0 amide bonds. The van der Waals surface area contributed by atoms with Crippen molar-refractivity contribution in [1.29, 1.82) is 0 Å². The largest absolute Gasteiger partial charge is 0.398 e. The van der Waals surface area contributed by atoms with Crippen LogP contribution in [0, 0.1) is 5.92 Å². The standard InChI is InChI=1S/C12H15ClN2O2S/c13-9-2-4-11(14)12(6-9)18(16,17)15-7-8-1-3-10(15)5-8/h2,4,6,8,10H,1,3,5,7,14H2. The van der Waals surface area contributed by atoms with Crippen LogP contribution in [0.4, 0.5) is 5.69 Å². The van der Waals surface area contributed by atoms with Gasteiger partial charge in [0.15, 0.2) is 0 Å². The van der Waals surface area contributed by atoms with Crippen LogP contribution in [0.1, 0.15) is 19.3 Å². The van der Waals surface area contributed by atoms with Gasteiger partial charge in [-0.25, -0.2) is 8.42 Å². The van der Waals surface area contributed by atoms with E-state index < -0.39 is 10.0 Å². The second kappa shape index (κ2) is 4.11. The zero-order valence-corrected chi connectivity index (χ0v) is 11.4. The Bertz CT molecular complexity index is 588. The van der Waals surface area contributed by atoms with E-state index in [0.29, 0.717) is 17.5 Å². The van der Waals surface area contributed by atoms with Crippen molar-refractivity contribution in [2.24, 2.45) is 5.92 Å². The average Bonchev–Trinajstić information content (AvgIpc) is 2.94. The first-order valence-electron chi connectivity index (χ1n) is 6.05. The monoisotopic (exact) mass is 286 g/mol. The summed E-state index contributed by atoms with van der Waals surface area (Å²) in [5, 5.41) is 0.395. The van der Waals surface area contributed by atoms with E-state index in [1.165, 1.54) is 6.07 Å². The van der Waals surface area contributed by atoms with Gasteiger partial charge in [0.25, 0.3) is 0 Å². The molecule has 4 nitrogen and oxygen atoms in total. The molecule has 1 aromatic rings. The summed E-state index contributed by atoms with van der Waals surface area (Å²) in [5.41, 5.74) is 6.04. The predicted molar refractivity (Wildman–Crippen MR) is 70.9 cm³/mol. The molecule has 0 aromatic heterocycles. The fourth-order valence-corrected chi connectivity index (χ4v) is 5.15. The topological polar surface area (TPSA) is 63.4 Å². The highest BCUT2D eigenvalue weighted by Crippen LogP contribution is 2.41. The first-order chi connectivity index (χ1) is 8.48. The highest BCUT2D eigenvalue weighted by molar-refractivity contribution is 7.89. The number of hydrogen-bond acceptors (Lipinski definition) is 3. The van der Waals surface area contributed by atoms with Crippen LogP contribution in [0.15, 0.2) is 23.1 Å². The average molecular weight is 287 g/mol. The number of nitrogens with zero attached hydrogens (tertiary/aromatic N) is 1. The number of hydrogen-bond donors (Lipinski definition) is 1. The highest BCUT2D eigenvalue weighted by Gasteiger charge is 2.44. The molecule has 1 saturated carbocycles. The maximum absolute atomic E-state index is 12.6. The van der Waals surface area contributed by atoms with E-state index in [4.69, 9.17) is 17.3 Å². The van der Waals surface area contributed by atoms with Crippen LogP contribution in [-0.2, 0) is 10.0 Å². The fourth-order valence-electron chi connectivity index (χ4n) is 3.03.